The molecule has 0 unspecified atom stereocenters. The number of carbonyl (C=O) groups excluding carboxylic acids is 1. The largest absolute Gasteiger partial charge is 0.467 e. The summed E-state index contributed by atoms with van der Waals surface area (Å²) in [5.41, 5.74) is 2.24. The highest BCUT2D eigenvalue weighted by atomic mass is 35.5. The van der Waals surface area contributed by atoms with E-state index < -0.39 is 0 Å². The molecular formula is C27H25ClFN5O2S. The van der Waals surface area contributed by atoms with E-state index in [1.54, 1.807) is 42.7 Å². The molecule has 1 amide bonds. The number of para-hydroxylation sites is 1. The normalized spacial score (nSPS) is 13.6. The third-order valence-corrected chi connectivity index (χ3v) is 7.16. The molecule has 2 aromatic heterocycles. The number of nitrogens with one attached hydrogen (secondary N) is 1. The van der Waals surface area contributed by atoms with Gasteiger partial charge in [-0.05, 0) is 42.0 Å². The molecule has 5 rings (SSSR count). The van der Waals surface area contributed by atoms with Gasteiger partial charge in [0, 0.05) is 43.6 Å². The molecule has 7 nitrogen and oxygen atoms in total. The van der Waals surface area contributed by atoms with E-state index in [-0.39, 0.29) is 11.7 Å². The molecule has 0 spiro atoms. The topological polar surface area (TPSA) is 74.5 Å². The van der Waals surface area contributed by atoms with Crippen LogP contribution in [0.2, 0.25) is 5.15 Å². The number of hydrogen-bond acceptors (Lipinski definition) is 7. The van der Waals surface area contributed by atoms with Gasteiger partial charge >= 0.3 is 0 Å². The second-order valence-electron chi connectivity index (χ2n) is 8.50. The standard InChI is InChI=1S/C27H25ClFN5O2S/c28-24-16-25(34-13-11-33(12-14-34)23-6-2-1-5-22(23)29)32-27(31-24)37-18-19-7-9-20(10-8-19)26(35)30-17-21-4-3-15-36-21/h1-10,15-16H,11-14,17-18H2,(H,30,35). The van der Waals surface area contributed by atoms with Crippen LogP contribution in [0.1, 0.15) is 21.7 Å². The molecule has 1 aliphatic rings. The fraction of sp³-hybridized carbons (Fsp3) is 0.222. The second kappa shape index (κ2) is 11.7. The van der Waals surface area contributed by atoms with Crippen molar-refractivity contribution in [3.8, 4) is 0 Å². The van der Waals surface area contributed by atoms with Gasteiger partial charge in [0.05, 0.1) is 18.5 Å². The molecule has 0 radical (unpaired) electrons. The third-order valence-electron chi connectivity index (χ3n) is 6.04. The number of carbonyl (C=O) groups is 1. The zero-order valence-electron chi connectivity index (χ0n) is 19.9. The summed E-state index contributed by atoms with van der Waals surface area (Å²) in [6.45, 7) is 3.12. The molecule has 37 heavy (non-hydrogen) atoms. The lowest BCUT2D eigenvalue weighted by atomic mass is 10.1. The Bertz CT molecular complexity index is 1350. The molecule has 1 aliphatic heterocycles. The van der Waals surface area contributed by atoms with Gasteiger partial charge in [0.25, 0.3) is 5.91 Å². The summed E-state index contributed by atoms with van der Waals surface area (Å²) < 4.78 is 19.4. The lowest BCUT2D eigenvalue weighted by Crippen LogP contribution is -2.47. The molecule has 1 N–H and O–H groups in total. The van der Waals surface area contributed by atoms with E-state index in [2.05, 4.69) is 15.2 Å². The summed E-state index contributed by atoms with van der Waals surface area (Å²) in [5.74, 6) is 1.74. The summed E-state index contributed by atoms with van der Waals surface area (Å²) >= 11 is 7.80. The molecule has 0 bridgehead atoms. The summed E-state index contributed by atoms with van der Waals surface area (Å²) in [4.78, 5) is 25.6. The minimum Gasteiger partial charge on any atom is -0.467 e. The molecule has 3 heterocycles. The minimum absolute atomic E-state index is 0.159. The van der Waals surface area contributed by atoms with Crippen LogP contribution < -0.4 is 15.1 Å². The smallest absolute Gasteiger partial charge is 0.251 e. The second-order valence-corrected chi connectivity index (χ2v) is 9.83. The number of amides is 1. The third kappa shape index (κ3) is 6.42. The lowest BCUT2D eigenvalue weighted by Gasteiger charge is -2.36. The average Bonchev–Trinajstić information content (AvgIpc) is 3.45. The number of piperazine rings is 1. The van der Waals surface area contributed by atoms with Crippen molar-refractivity contribution in [3.05, 3.63) is 101 Å². The Morgan fingerprint density at radius 2 is 1.76 bits per heavy atom. The van der Waals surface area contributed by atoms with Crippen molar-refractivity contribution in [1.82, 2.24) is 15.3 Å². The number of furan rings is 1. The molecule has 4 aromatic rings. The maximum absolute atomic E-state index is 14.2. The van der Waals surface area contributed by atoms with Crippen molar-refractivity contribution in [2.75, 3.05) is 36.0 Å². The van der Waals surface area contributed by atoms with Crippen LogP contribution in [0.15, 0.2) is 82.6 Å². The van der Waals surface area contributed by atoms with Crippen molar-refractivity contribution in [3.63, 3.8) is 0 Å². The van der Waals surface area contributed by atoms with E-state index in [1.807, 2.05) is 29.2 Å². The number of nitrogens with zero attached hydrogens (tertiary/aromatic N) is 4. The van der Waals surface area contributed by atoms with Gasteiger partial charge in [0.1, 0.15) is 22.5 Å². The molecule has 190 valence electrons. The Morgan fingerprint density at radius 1 is 1.00 bits per heavy atom. The SMILES string of the molecule is O=C(NCc1ccco1)c1ccc(CSc2nc(Cl)cc(N3CCN(c4ccccc4F)CC3)n2)cc1. The number of aromatic nitrogens is 2. The fourth-order valence-electron chi connectivity index (χ4n) is 4.08. The van der Waals surface area contributed by atoms with Gasteiger partial charge in [0.2, 0.25) is 0 Å². The maximum Gasteiger partial charge on any atom is 0.251 e. The average molecular weight is 538 g/mol. The summed E-state index contributed by atoms with van der Waals surface area (Å²) in [6, 6.07) is 19.6. The van der Waals surface area contributed by atoms with Crippen molar-refractivity contribution < 1.29 is 13.6 Å². The fourth-order valence-corrected chi connectivity index (χ4v) is 5.12. The highest BCUT2D eigenvalue weighted by Crippen LogP contribution is 2.27. The summed E-state index contributed by atoms with van der Waals surface area (Å²) in [5, 5.41) is 3.80. The van der Waals surface area contributed by atoms with Gasteiger partial charge in [-0.15, -0.1) is 0 Å². The van der Waals surface area contributed by atoms with Crippen LogP contribution in [0.4, 0.5) is 15.9 Å². The van der Waals surface area contributed by atoms with Gasteiger partial charge in [-0.25, -0.2) is 14.4 Å². The maximum atomic E-state index is 14.2. The molecule has 0 atom stereocenters. The number of halogens is 2. The first kappa shape index (κ1) is 25.1. The molecular weight excluding hydrogens is 513 g/mol. The van der Waals surface area contributed by atoms with E-state index in [4.69, 9.17) is 21.0 Å². The van der Waals surface area contributed by atoms with Crippen LogP contribution in [0.5, 0.6) is 0 Å². The highest BCUT2D eigenvalue weighted by Gasteiger charge is 2.21. The number of rotatable bonds is 8. The molecule has 2 aromatic carbocycles. The number of hydrogen-bond donors (Lipinski definition) is 1. The van der Waals surface area contributed by atoms with E-state index in [0.29, 0.717) is 65.8 Å². The van der Waals surface area contributed by atoms with E-state index in [1.165, 1.54) is 17.8 Å². The van der Waals surface area contributed by atoms with Gasteiger partial charge in [-0.1, -0.05) is 47.6 Å². The Labute approximate surface area is 223 Å². The van der Waals surface area contributed by atoms with E-state index in [9.17, 15) is 9.18 Å². The van der Waals surface area contributed by atoms with Crippen molar-refractivity contribution in [1.29, 1.82) is 0 Å². The monoisotopic (exact) mass is 537 g/mol. The lowest BCUT2D eigenvalue weighted by molar-refractivity contribution is 0.0948. The Hall–Kier alpha value is -3.56. The quantitative estimate of drug-likeness (QED) is 0.183. The van der Waals surface area contributed by atoms with Gasteiger partial charge in [0.15, 0.2) is 5.16 Å². The predicted molar refractivity (Wildman–Crippen MR) is 144 cm³/mol. The van der Waals surface area contributed by atoms with Gasteiger partial charge in [-0.3, -0.25) is 4.79 Å². The Balaban J connectivity index is 1.16. The number of anilines is 2. The predicted octanol–water partition coefficient (Wildman–Crippen LogP) is 5.41. The van der Waals surface area contributed by atoms with Crippen LogP contribution in [-0.2, 0) is 12.3 Å². The minimum atomic E-state index is -0.206. The van der Waals surface area contributed by atoms with Crippen LogP contribution in [-0.4, -0.2) is 42.1 Å². The van der Waals surface area contributed by atoms with Gasteiger partial charge < -0.3 is 19.5 Å². The number of benzene rings is 2. The summed E-state index contributed by atoms with van der Waals surface area (Å²) in [6.07, 6.45) is 1.58. The molecule has 10 heteroatoms. The van der Waals surface area contributed by atoms with E-state index >= 15 is 0 Å². The molecule has 1 fully saturated rings. The Kier molecular flexibility index (Phi) is 7.91. The van der Waals surface area contributed by atoms with Crippen molar-refractivity contribution in [2.24, 2.45) is 0 Å². The summed E-state index contributed by atoms with van der Waals surface area (Å²) in [7, 11) is 0. The van der Waals surface area contributed by atoms with Crippen LogP contribution >= 0.6 is 23.4 Å². The molecule has 0 saturated carbocycles. The first-order valence-corrected chi connectivity index (χ1v) is 13.2. The van der Waals surface area contributed by atoms with Crippen molar-refractivity contribution in [2.45, 2.75) is 17.5 Å². The van der Waals surface area contributed by atoms with Crippen LogP contribution in [0, 0.1) is 5.82 Å². The first-order chi connectivity index (χ1) is 18.0. The highest BCUT2D eigenvalue weighted by molar-refractivity contribution is 7.98. The molecule has 1 saturated heterocycles. The van der Waals surface area contributed by atoms with Crippen LogP contribution in [0.3, 0.4) is 0 Å². The zero-order valence-corrected chi connectivity index (χ0v) is 21.5. The van der Waals surface area contributed by atoms with Crippen LogP contribution in [0.25, 0.3) is 0 Å². The van der Waals surface area contributed by atoms with E-state index in [0.717, 1.165) is 11.4 Å². The molecule has 0 aliphatic carbocycles. The first-order valence-electron chi connectivity index (χ1n) is 11.9. The van der Waals surface area contributed by atoms with Gasteiger partial charge in [-0.2, -0.15) is 0 Å². The zero-order chi connectivity index (χ0) is 25.6. The number of thioether (sulfide) groups is 1. The Morgan fingerprint density at radius 3 is 2.49 bits per heavy atom. The van der Waals surface area contributed by atoms with Crippen molar-refractivity contribution >= 4 is 40.8 Å².